The summed E-state index contributed by atoms with van der Waals surface area (Å²) in [6, 6.07) is 17.6. The van der Waals surface area contributed by atoms with Crippen LogP contribution in [0.4, 0.5) is 5.69 Å². The Labute approximate surface area is 121 Å². The molecule has 0 amide bonds. The highest BCUT2D eigenvalue weighted by molar-refractivity contribution is 9.10. The number of ether oxygens (including phenoxy) is 1. The molecular formula is C15H13BrN2O. The van der Waals surface area contributed by atoms with Crippen molar-refractivity contribution in [1.29, 1.82) is 5.26 Å². The van der Waals surface area contributed by atoms with Crippen LogP contribution in [0.25, 0.3) is 0 Å². The third kappa shape index (κ3) is 4.01. The highest BCUT2D eigenvalue weighted by atomic mass is 79.9. The van der Waals surface area contributed by atoms with Gasteiger partial charge in [0.1, 0.15) is 11.8 Å². The summed E-state index contributed by atoms with van der Waals surface area (Å²) in [5.41, 5.74) is 2.22. The van der Waals surface area contributed by atoms with Crippen LogP contribution in [0.5, 0.6) is 5.75 Å². The lowest BCUT2D eigenvalue weighted by molar-refractivity contribution is 0.368. The van der Waals surface area contributed by atoms with Gasteiger partial charge < -0.3 is 10.1 Å². The zero-order valence-electron chi connectivity index (χ0n) is 10.3. The normalized spacial score (nSPS) is 9.68. The van der Waals surface area contributed by atoms with Crippen molar-refractivity contribution in [2.75, 3.05) is 11.9 Å². The van der Waals surface area contributed by atoms with E-state index in [0.29, 0.717) is 5.75 Å². The van der Waals surface area contributed by atoms with E-state index in [1.54, 1.807) is 0 Å². The molecule has 0 heterocycles. The van der Waals surface area contributed by atoms with Crippen LogP contribution >= 0.6 is 15.9 Å². The number of para-hydroxylation sites is 1. The molecule has 3 nitrogen and oxygen atoms in total. The predicted molar refractivity (Wildman–Crippen MR) is 79.0 cm³/mol. The molecule has 1 N–H and O–H groups in total. The number of hydrogen-bond donors (Lipinski definition) is 1. The standard InChI is InChI=1S/C15H13BrN2O/c16-14-3-1-2-4-15(14)18-11-12-5-7-13(8-6-12)19-10-9-17/h1-8,18H,10-11H2. The fourth-order valence-corrected chi connectivity index (χ4v) is 2.05. The van der Waals surface area contributed by atoms with E-state index >= 15 is 0 Å². The van der Waals surface area contributed by atoms with Crippen molar-refractivity contribution in [3.8, 4) is 11.8 Å². The van der Waals surface area contributed by atoms with Gasteiger partial charge in [0.2, 0.25) is 0 Å². The summed E-state index contributed by atoms with van der Waals surface area (Å²) in [7, 11) is 0. The maximum atomic E-state index is 8.43. The molecule has 2 aromatic rings. The van der Waals surface area contributed by atoms with Gasteiger partial charge in [-0.05, 0) is 45.8 Å². The minimum atomic E-state index is 0.0779. The molecule has 0 atom stereocenters. The fraction of sp³-hybridized carbons (Fsp3) is 0.133. The number of nitrogens with one attached hydrogen (secondary N) is 1. The second kappa shape index (κ2) is 6.81. The van der Waals surface area contributed by atoms with Gasteiger partial charge in [-0.2, -0.15) is 5.26 Å². The molecule has 96 valence electrons. The Morgan fingerprint density at radius 2 is 1.84 bits per heavy atom. The number of benzene rings is 2. The number of nitriles is 1. The van der Waals surface area contributed by atoms with Crippen LogP contribution in [0.3, 0.4) is 0 Å². The molecule has 0 aliphatic carbocycles. The average molecular weight is 317 g/mol. The Hall–Kier alpha value is -1.99. The van der Waals surface area contributed by atoms with E-state index in [2.05, 4.69) is 21.2 Å². The van der Waals surface area contributed by atoms with Crippen molar-refractivity contribution < 1.29 is 4.74 Å². The van der Waals surface area contributed by atoms with Crippen LogP contribution in [0.2, 0.25) is 0 Å². The summed E-state index contributed by atoms with van der Waals surface area (Å²) in [4.78, 5) is 0. The number of rotatable bonds is 5. The first-order valence-corrected chi connectivity index (χ1v) is 6.66. The fourth-order valence-electron chi connectivity index (χ4n) is 1.62. The van der Waals surface area contributed by atoms with E-state index in [1.807, 2.05) is 54.6 Å². The Morgan fingerprint density at radius 1 is 1.11 bits per heavy atom. The smallest absolute Gasteiger partial charge is 0.174 e. The number of anilines is 1. The lowest BCUT2D eigenvalue weighted by Gasteiger charge is -2.09. The van der Waals surface area contributed by atoms with Gasteiger partial charge in [-0.3, -0.25) is 0 Å². The average Bonchev–Trinajstić information content (AvgIpc) is 2.45. The lowest BCUT2D eigenvalue weighted by Crippen LogP contribution is -2.00. The molecule has 19 heavy (non-hydrogen) atoms. The Morgan fingerprint density at radius 3 is 2.53 bits per heavy atom. The van der Waals surface area contributed by atoms with Crippen molar-refractivity contribution in [2.24, 2.45) is 0 Å². The van der Waals surface area contributed by atoms with Crippen molar-refractivity contribution in [3.63, 3.8) is 0 Å². The van der Waals surface area contributed by atoms with Crippen molar-refractivity contribution >= 4 is 21.6 Å². The Kier molecular flexibility index (Phi) is 4.82. The Balaban J connectivity index is 1.93. The van der Waals surface area contributed by atoms with Gasteiger partial charge in [-0.25, -0.2) is 0 Å². The molecule has 0 aliphatic rings. The van der Waals surface area contributed by atoms with Gasteiger partial charge in [-0.15, -0.1) is 0 Å². The van der Waals surface area contributed by atoms with Crippen LogP contribution in [-0.4, -0.2) is 6.61 Å². The van der Waals surface area contributed by atoms with Crippen molar-refractivity contribution in [2.45, 2.75) is 6.54 Å². The van der Waals surface area contributed by atoms with Crippen LogP contribution in [-0.2, 0) is 6.54 Å². The molecule has 0 radical (unpaired) electrons. The van der Waals surface area contributed by atoms with E-state index in [-0.39, 0.29) is 6.61 Å². The van der Waals surface area contributed by atoms with Gasteiger partial charge in [-0.1, -0.05) is 24.3 Å². The summed E-state index contributed by atoms with van der Waals surface area (Å²) in [5, 5.41) is 11.8. The molecule has 0 fully saturated rings. The van der Waals surface area contributed by atoms with Gasteiger partial charge in [0, 0.05) is 16.7 Å². The zero-order chi connectivity index (χ0) is 13.5. The molecule has 0 spiro atoms. The SMILES string of the molecule is N#CCOc1ccc(CNc2ccccc2Br)cc1. The number of nitrogens with zero attached hydrogens (tertiary/aromatic N) is 1. The maximum absolute atomic E-state index is 8.43. The monoisotopic (exact) mass is 316 g/mol. The van der Waals surface area contributed by atoms with Crippen molar-refractivity contribution in [3.05, 3.63) is 58.6 Å². The second-order valence-electron chi connectivity index (χ2n) is 3.92. The molecule has 0 unspecified atom stereocenters. The van der Waals surface area contributed by atoms with E-state index in [1.165, 1.54) is 0 Å². The van der Waals surface area contributed by atoms with Crippen LogP contribution < -0.4 is 10.1 Å². The van der Waals surface area contributed by atoms with Gasteiger partial charge in [0.15, 0.2) is 6.61 Å². The second-order valence-corrected chi connectivity index (χ2v) is 4.78. The van der Waals surface area contributed by atoms with Crippen molar-refractivity contribution in [1.82, 2.24) is 0 Å². The van der Waals surface area contributed by atoms with Gasteiger partial charge >= 0.3 is 0 Å². The van der Waals surface area contributed by atoms with E-state index < -0.39 is 0 Å². The summed E-state index contributed by atoms with van der Waals surface area (Å²) in [5.74, 6) is 0.714. The van der Waals surface area contributed by atoms with Gasteiger partial charge in [0.25, 0.3) is 0 Å². The summed E-state index contributed by atoms with van der Waals surface area (Å²) >= 11 is 3.50. The molecule has 0 aliphatic heterocycles. The molecule has 0 aromatic heterocycles. The van der Waals surface area contributed by atoms with Crippen LogP contribution in [0.1, 0.15) is 5.56 Å². The topological polar surface area (TPSA) is 45.0 Å². The molecule has 0 saturated heterocycles. The Bertz CT molecular complexity index is 575. The highest BCUT2D eigenvalue weighted by Gasteiger charge is 1.99. The number of hydrogen-bond acceptors (Lipinski definition) is 3. The summed E-state index contributed by atoms with van der Waals surface area (Å²) in [6.07, 6.45) is 0. The zero-order valence-corrected chi connectivity index (χ0v) is 11.9. The largest absolute Gasteiger partial charge is 0.479 e. The first-order chi connectivity index (χ1) is 9.29. The third-order valence-electron chi connectivity index (χ3n) is 2.58. The summed E-state index contributed by atoms with van der Waals surface area (Å²) < 4.78 is 6.25. The van der Waals surface area contributed by atoms with E-state index in [9.17, 15) is 0 Å². The molecular weight excluding hydrogens is 304 g/mol. The van der Waals surface area contributed by atoms with Crippen LogP contribution in [0.15, 0.2) is 53.0 Å². The molecule has 2 aromatic carbocycles. The number of halogens is 1. The van der Waals surface area contributed by atoms with Gasteiger partial charge in [0.05, 0.1) is 0 Å². The van der Waals surface area contributed by atoms with Crippen LogP contribution in [0, 0.1) is 11.3 Å². The minimum absolute atomic E-state index is 0.0779. The third-order valence-corrected chi connectivity index (χ3v) is 3.28. The lowest BCUT2D eigenvalue weighted by atomic mass is 10.2. The minimum Gasteiger partial charge on any atom is -0.479 e. The predicted octanol–water partition coefficient (Wildman–Crippen LogP) is 3.96. The molecule has 2 rings (SSSR count). The first kappa shape index (κ1) is 13.4. The maximum Gasteiger partial charge on any atom is 0.174 e. The van der Waals surface area contributed by atoms with E-state index in [4.69, 9.17) is 10.00 Å². The quantitative estimate of drug-likeness (QED) is 0.908. The molecule has 4 heteroatoms. The summed E-state index contributed by atoms with van der Waals surface area (Å²) in [6.45, 7) is 0.815. The first-order valence-electron chi connectivity index (χ1n) is 5.86. The highest BCUT2D eigenvalue weighted by Crippen LogP contribution is 2.22. The van der Waals surface area contributed by atoms with E-state index in [0.717, 1.165) is 22.3 Å². The molecule has 0 bridgehead atoms. The molecule has 0 saturated carbocycles.